The van der Waals surface area contributed by atoms with E-state index >= 15 is 0 Å². The molecule has 1 aliphatic heterocycles. The predicted molar refractivity (Wildman–Crippen MR) is 102 cm³/mol. The van der Waals surface area contributed by atoms with Gasteiger partial charge in [-0.15, -0.1) is 5.06 Å². The Balaban J connectivity index is 2.10. The second-order valence-corrected chi connectivity index (χ2v) is 10.5. The highest BCUT2D eigenvalue weighted by Gasteiger charge is 2.51. The van der Waals surface area contributed by atoms with E-state index in [1.165, 1.54) is 43.3 Å². The van der Waals surface area contributed by atoms with Gasteiger partial charge in [-0.1, -0.05) is 36.4 Å². The maximum absolute atomic E-state index is 13.3. The molecule has 1 atom stereocenters. The Labute approximate surface area is 159 Å². The zero-order chi connectivity index (χ0) is 19.9. The van der Waals surface area contributed by atoms with Gasteiger partial charge in [0.1, 0.15) is 16.2 Å². The average Bonchev–Trinajstić information content (AvgIpc) is 2.84. The molecule has 8 heteroatoms. The molecule has 2 aromatic carbocycles. The molecule has 6 nitrogen and oxygen atoms in total. The Morgan fingerprint density at radius 2 is 1.37 bits per heavy atom. The highest BCUT2D eigenvalue weighted by atomic mass is 32.2. The van der Waals surface area contributed by atoms with Crippen molar-refractivity contribution in [2.75, 3.05) is 12.8 Å². The topological polar surface area (TPSA) is 80.8 Å². The Morgan fingerprint density at radius 1 is 0.889 bits per heavy atom. The normalized spacial score (nSPS) is 21.3. The second-order valence-electron chi connectivity index (χ2n) is 6.64. The number of hydrogen-bond acceptors (Lipinski definition) is 6. The molecule has 144 valence electrons. The maximum atomic E-state index is 13.3. The molecular formula is C19H21NO5S2. The lowest BCUT2D eigenvalue weighted by atomic mass is 10.1. The minimum atomic E-state index is -3.93. The minimum Gasteiger partial charge on any atom is -0.409 e. The molecule has 1 aliphatic rings. The summed E-state index contributed by atoms with van der Waals surface area (Å²) < 4.78 is 52.4. The molecule has 2 aromatic rings. The fraction of sp³-hybridized carbons (Fsp3) is 0.263. The third-order valence-electron chi connectivity index (χ3n) is 4.67. The third kappa shape index (κ3) is 3.40. The summed E-state index contributed by atoms with van der Waals surface area (Å²) in [5, 5.41) is 1.30. The van der Waals surface area contributed by atoms with Crippen molar-refractivity contribution in [3.63, 3.8) is 0 Å². The van der Waals surface area contributed by atoms with Crippen LogP contribution >= 0.6 is 0 Å². The molecule has 3 rings (SSSR count). The number of rotatable bonds is 5. The van der Waals surface area contributed by atoms with Gasteiger partial charge in [-0.05, 0) is 38.1 Å². The van der Waals surface area contributed by atoms with Gasteiger partial charge in [0.25, 0.3) is 0 Å². The Hall–Kier alpha value is -2.16. The number of nitrogens with zero attached hydrogens (tertiary/aromatic N) is 1. The number of likely N-dealkylation sites (N-methyl/N-ethyl adjacent to an activating group) is 1. The van der Waals surface area contributed by atoms with Gasteiger partial charge in [-0.3, -0.25) is 0 Å². The van der Waals surface area contributed by atoms with Crippen LogP contribution in [0, 0.1) is 0 Å². The summed E-state index contributed by atoms with van der Waals surface area (Å²) in [6.07, 6.45) is 0. The molecule has 0 saturated heterocycles. The molecule has 27 heavy (non-hydrogen) atoms. The predicted octanol–water partition coefficient (Wildman–Crippen LogP) is 2.80. The molecule has 0 aliphatic carbocycles. The van der Waals surface area contributed by atoms with Gasteiger partial charge in [0.15, 0.2) is 9.84 Å². The van der Waals surface area contributed by atoms with Crippen LogP contribution in [0.3, 0.4) is 0 Å². The van der Waals surface area contributed by atoms with Crippen molar-refractivity contribution in [2.45, 2.75) is 29.2 Å². The third-order valence-corrected chi connectivity index (χ3v) is 8.76. The van der Waals surface area contributed by atoms with E-state index in [0.29, 0.717) is 0 Å². The summed E-state index contributed by atoms with van der Waals surface area (Å²) >= 11 is 0. The van der Waals surface area contributed by atoms with Gasteiger partial charge in [-0.2, -0.15) is 0 Å². The van der Waals surface area contributed by atoms with E-state index in [9.17, 15) is 16.8 Å². The van der Waals surface area contributed by atoms with E-state index in [-0.39, 0.29) is 20.5 Å². The van der Waals surface area contributed by atoms with Crippen LogP contribution in [0.2, 0.25) is 0 Å². The number of benzene rings is 2. The van der Waals surface area contributed by atoms with E-state index in [2.05, 4.69) is 0 Å². The summed E-state index contributed by atoms with van der Waals surface area (Å²) in [5.41, 5.74) is -1.37. The Kier molecular flexibility index (Phi) is 4.92. The van der Waals surface area contributed by atoms with Crippen LogP contribution in [0.15, 0.2) is 81.1 Å². The average molecular weight is 408 g/mol. The molecule has 0 amide bonds. The number of sulfone groups is 2. The fourth-order valence-corrected chi connectivity index (χ4v) is 7.15. The molecule has 0 N–H and O–H groups in total. The Bertz CT molecular complexity index is 1080. The molecule has 0 radical (unpaired) electrons. The largest absolute Gasteiger partial charge is 0.409 e. The van der Waals surface area contributed by atoms with Crippen molar-refractivity contribution in [1.29, 1.82) is 0 Å². The van der Waals surface area contributed by atoms with Gasteiger partial charge >= 0.3 is 0 Å². The monoisotopic (exact) mass is 407 g/mol. The fourth-order valence-electron chi connectivity index (χ4n) is 3.30. The van der Waals surface area contributed by atoms with Crippen LogP contribution in [0.4, 0.5) is 0 Å². The summed E-state index contributed by atoms with van der Waals surface area (Å²) in [4.78, 5) is 5.75. The standard InChI is InChI=1S/C19H21NO5S2/c1-15-18(27(23,24)17-12-8-5-9-13-17)19(2,20(3)25-15)14-26(21,22)16-10-6-4-7-11-16/h4-13H,14H2,1-3H3. The lowest BCUT2D eigenvalue weighted by Gasteiger charge is -2.31. The first-order valence-electron chi connectivity index (χ1n) is 8.30. The van der Waals surface area contributed by atoms with Crippen molar-refractivity contribution in [1.82, 2.24) is 5.06 Å². The molecular weight excluding hydrogens is 386 g/mol. The first-order valence-corrected chi connectivity index (χ1v) is 11.4. The van der Waals surface area contributed by atoms with E-state index < -0.39 is 31.0 Å². The SMILES string of the molecule is CC1=C(S(=O)(=O)c2ccccc2)C(C)(CS(=O)(=O)c2ccccc2)N(C)O1. The quantitative estimate of drug-likeness (QED) is 0.758. The van der Waals surface area contributed by atoms with Crippen molar-refractivity contribution in [3.05, 3.63) is 71.3 Å². The zero-order valence-electron chi connectivity index (χ0n) is 15.3. The summed E-state index contributed by atoms with van der Waals surface area (Å²) in [5.74, 6) is -0.258. The van der Waals surface area contributed by atoms with Crippen LogP contribution in [0.1, 0.15) is 13.8 Å². The van der Waals surface area contributed by atoms with Crippen LogP contribution < -0.4 is 0 Å². The first kappa shape index (κ1) is 19.6. The molecule has 0 spiro atoms. The Morgan fingerprint density at radius 3 is 1.89 bits per heavy atom. The number of hydroxylamine groups is 2. The van der Waals surface area contributed by atoms with Crippen LogP contribution in [0.5, 0.6) is 0 Å². The van der Waals surface area contributed by atoms with Gasteiger partial charge in [0.05, 0.1) is 15.5 Å². The van der Waals surface area contributed by atoms with Crippen LogP contribution in [0.25, 0.3) is 0 Å². The van der Waals surface area contributed by atoms with E-state index in [0.717, 1.165) is 0 Å². The molecule has 0 saturated carbocycles. The van der Waals surface area contributed by atoms with E-state index in [4.69, 9.17) is 4.84 Å². The molecule has 1 heterocycles. The highest BCUT2D eigenvalue weighted by molar-refractivity contribution is 7.95. The lowest BCUT2D eigenvalue weighted by Crippen LogP contribution is -2.48. The molecule has 1 unspecified atom stereocenters. The van der Waals surface area contributed by atoms with Gasteiger partial charge in [0.2, 0.25) is 9.84 Å². The summed E-state index contributed by atoms with van der Waals surface area (Å²) in [6.45, 7) is 3.10. The lowest BCUT2D eigenvalue weighted by molar-refractivity contribution is -0.119. The van der Waals surface area contributed by atoms with Crippen LogP contribution in [-0.4, -0.2) is 40.2 Å². The van der Waals surface area contributed by atoms with Crippen molar-refractivity contribution in [3.8, 4) is 0 Å². The summed E-state index contributed by atoms with van der Waals surface area (Å²) in [7, 11) is -6.15. The van der Waals surface area contributed by atoms with E-state index in [1.54, 1.807) is 43.3 Å². The van der Waals surface area contributed by atoms with Gasteiger partial charge in [0, 0.05) is 7.05 Å². The van der Waals surface area contributed by atoms with Crippen LogP contribution in [-0.2, 0) is 24.5 Å². The maximum Gasteiger partial charge on any atom is 0.208 e. The van der Waals surface area contributed by atoms with Crippen molar-refractivity contribution in [2.24, 2.45) is 0 Å². The van der Waals surface area contributed by atoms with E-state index in [1.807, 2.05) is 0 Å². The highest BCUT2D eigenvalue weighted by Crippen LogP contribution is 2.42. The summed E-state index contributed by atoms with van der Waals surface area (Å²) in [6, 6.07) is 15.9. The zero-order valence-corrected chi connectivity index (χ0v) is 16.9. The molecule has 0 aromatic heterocycles. The molecule has 0 bridgehead atoms. The second kappa shape index (κ2) is 6.78. The van der Waals surface area contributed by atoms with Crippen molar-refractivity contribution >= 4 is 19.7 Å². The van der Waals surface area contributed by atoms with Gasteiger partial charge < -0.3 is 4.84 Å². The van der Waals surface area contributed by atoms with Crippen molar-refractivity contribution < 1.29 is 21.7 Å². The molecule has 0 fully saturated rings. The minimum absolute atomic E-state index is 0.0387. The first-order chi connectivity index (χ1) is 12.6. The van der Waals surface area contributed by atoms with Gasteiger partial charge in [-0.25, -0.2) is 16.8 Å². The smallest absolute Gasteiger partial charge is 0.208 e. The number of allylic oxidation sites excluding steroid dienone is 1. The number of hydrogen-bond donors (Lipinski definition) is 0.